The molecule has 1 amide bonds. The minimum atomic E-state index is 0.0739. The molecule has 0 bridgehead atoms. The lowest BCUT2D eigenvalue weighted by atomic mass is 10.0. The molecule has 1 aromatic carbocycles. The topological polar surface area (TPSA) is 61.5 Å². The number of likely N-dealkylation sites (N-methyl/N-ethyl adjacent to an activating group) is 1. The van der Waals surface area contributed by atoms with E-state index in [-0.39, 0.29) is 5.91 Å². The number of methoxy groups -OCH3 is 1. The Balaban J connectivity index is 1.47. The van der Waals surface area contributed by atoms with Crippen molar-refractivity contribution >= 4 is 16.8 Å². The average molecular weight is 393 g/mol. The monoisotopic (exact) mass is 392 g/mol. The number of nitrogens with one attached hydrogen (secondary N) is 1. The molecule has 6 heteroatoms. The predicted molar refractivity (Wildman–Crippen MR) is 114 cm³/mol. The van der Waals surface area contributed by atoms with Crippen LogP contribution in [0.15, 0.2) is 48.8 Å². The Hall–Kier alpha value is -2.86. The van der Waals surface area contributed by atoms with Gasteiger partial charge in [-0.1, -0.05) is 6.92 Å². The smallest absolute Gasteiger partial charge is 0.270 e. The summed E-state index contributed by atoms with van der Waals surface area (Å²) in [7, 11) is 1.65. The van der Waals surface area contributed by atoms with Gasteiger partial charge < -0.3 is 14.6 Å². The highest BCUT2D eigenvalue weighted by atomic mass is 16.5. The molecule has 3 aromatic rings. The summed E-state index contributed by atoms with van der Waals surface area (Å²) in [5, 5.41) is 0.995. The highest BCUT2D eigenvalue weighted by Crippen LogP contribution is 2.24. The van der Waals surface area contributed by atoms with E-state index in [0.29, 0.717) is 11.7 Å². The Morgan fingerprint density at radius 2 is 2.10 bits per heavy atom. The summed E-state index contributed by atoms with van der Waals surface area (Å²) in [5.74, 6) is 0.869. The molecule has 1 atom stereocenters. The summed E-state index contributed by atoms with van der Waals surface area (Å²) < 4.78 is 5.29. The minimum Gasteiger partial charge on any atom is -0.497 e. The largest absolute Gasteiger partial charge is 0.497 e. The zero-order chi connectivity index (χ0) is 20.2. The van der Waals surface area contributed by atoms with E-state index < -0.39 is 0 Å². The van der Waals surface area contributed by atoms with Crippen LogP contribution >= 0.6 is 0 Å². The van der Waals surface area contributed by atoms with E-state index in [1.807, 2.05) is 41.6 Å². The Morgan fingerprint density at radius 3 is 2.86 bits per heavy atom. The average Bonchev–Trinajstić information content (AvgIpc) is 3.21. The summed E-state index contributed by atoms with van der Waals surface area (Å²) in [6, 6.07) is 12.2. The van der Waals surface area contributed by atoms with E-state index in [4.69, 9.17) is 4.74 Å². The second-order valence-electron chi connectivity index (χ2n) is 7.60. The van der Waals surface area contributed by atoms with Crippen LogP contribution in [-0.2, 0) is 6.54 Å². The molecular formula is C23H28N4O2. The number of aromatic nitrogens is 2. The Labute approximate surface area is 171 Å². The van der Waals surface area contributed by atoms with Crippen molar-refractivity contribution in [1.29, 1.82) is 0 Å². The van der Waals surface area contributed by atoms with E-state index in [2.05, 4.69) is 33.9 Å². The van der Waals surface area contributed by atoms with E-state index in [0.717, 1.165) is 55.7 Å². The van der Waals surface area contributed by atoms with Crippen molar-refractivity contribution in [3.05, 3.63) is 60.0 Å². The van der Waals surface area contributed by atoms with Crippen LogP contribution in [0.25, 0.3) is 10.9 Å². The van der Waals surface area contributed by atoms with E-state index >= 15 is 0 Å². The first kappa shape index (κ1) is 19.5. The van der Waals surface area contributed by atoms with E-state index in [1.54, 1.807) is 7.11 Å². The minimum absolute atomic E-state index is 0.0739. The summed E-state index contributed by atoms with van der Waals surface area (Å²) in [4.78, 5) is 25.0. The number of fused-ring (bicyclic) bond motifs is 1. The molecule has 1 N–H and O–H groups in total. The molecule has 29 heavy (non-hydrogen) atoms. The molecule has 0 saturated carbocycles. The number of carbonyl (C=O) groups is 1. The standard InChI is InChI=1S/C23H28N4O2/c1-3-26(15-17-8-10-24-11-9-17)19-5-4-12-27(16-19)23(28)22-14-18-13-20(29-2)6-7-21(18)25-22/h6-11,13-14,19,25H,3-5,12,15-16H2,1-2H3/t19-/m0/s1. The van der Waals surface area contributed by atoms with Crippen molar-refractivity contribution < 1.29 is 9.53 Å². The van der Waals surface area contributed by atoms with Gasteiger partial charge in [0.05, 0.1) is 7.11 Å². The van der Waals surface area contributed by atoms with Gasteiger partial charge in [0.1, 0.15) is 11.4 Å². The van der Waals surface area contributed by atoms with Gasteiger partial charge in [-0.3, -0.25) is 14.7 Å². The van der Waals surface area contributed by atoms with Crippen molar-refractivity contribution in [3.8, 4) is 5.75 Å². The molecule has 1 saturated heterocycles. The third kappa shape index (κ3) is 4.27. The van der Waals surface area contributed by atoms with E-state index in [9.17, 15) is 4.79 Å². The zero-order valence-corrected chi connectivity index (χ0v) is 17.1. The number of H-pyrrole nitrogens is 1. The van der Waals surface area contributed by atoms with Crippen molar-refractivity contribution in [2.24, 2.45) is 0 Å². The first-order chi connectivity index (χ1) is 14.2. The van der Waals surface area contributed by atoms with Crippen LogP contribution in [0.1, 0.15) is 35.8 Å². The number of ether oxygens (including phenoxy) is 1. The van der Waals surface area contributed by atoms with Crippen LogP contribution in [0.5, 0.6) is 5.75 Å². The first-order valence-electron chi connectivity index (χ1n) is 10.3. The van der Waals surface area contributed by atoms with Crippen LogP contribution in [0.2, 0.25) is 0 Å². The Bertz CT molecular complexity index is 969. The fraction of sp³-hybridized carbons (Fsp3) is 0.391. The van der Waals surface area contributed by atoms with Crippen molar-refractivity contribution in [2.45, 2.75) is 32.4 Å². The maximum absolute atomic E-state index is 13.2. The van der Waals surface area contributed by atoms with Gasteiger partial charge in [-0.15, -0.1) is 0 Å². The maximum Gasteiger partial charge on any atom is 0.270 e. The Morgan fingerprint density at radius 1 is 1.28 bits per heavy atom. The molecule has 3 heterocycles. The number of nitrogens with zero attached hydrogens (tertiary/aromatic N) is 3. The van der Waals surface area contributed by atoms with Gasteiger partial charge in [-0.25, -0.2) is 0 Å². The maximum atomic E-state index is 13.2. The van der Waals surface area contributed by atoms with E-state index in [1.165, 1.54) is 5.56 Å². The van der Waals surface area contributed by atoms with Gasteiger partial charge in [-0.05, 0) is 61.3 Å². The third-order valence-corrected chi connectivity index (χ3v) is 5.80. The Kier molecular flexibility index (Phi) is 5.81. The molecule has 1 aliphatic heterocycles. The number of rotatable bonds is 6. The van der Waals surface area contributed by atoms with Crippen LogP contribution in [-0.4, -0.2) is 58.5 Å². The number of piperidine rings is 1. The van der Waals surface area contributed by atoms with Gasteiger partial charge in [0.2, 0.25) is 0 Å². The summed E-state index contributed by atoms with van der Waals surface area (Å²) in [5.41, 5.74) is 2.86. The first-order valence-corrected chi connectivity index (χ1v) is 10.3. The normalized spacial score (nSPS) is 17.1. The van der Waals surface area contributed by atoms with Crippen LogP contribution < -0.4 is 4.74 Å². The van der Waals surface area contributed by atoms with Crippen molar-refractivity contribution in [1.82, 2.24) is 19.8 Å². The number of amides is 1. The number of benzene rings is 1. The highest BCUT2D eigenvalue weighted by Gasteiger charge is 2.28. The molecule has 6 nitrogen and oxygen atoms in total. The molecule has 0 radical (unpaired) electrons. The molecular weight excluding hydrogens is 364 g/mol. The molecule has 1 aliphatic rings. The fourth-order valence-corrected chi connectivity index (χ4v) is 4.18. The molecule has 1 fully saturated rings. The quantitative estimate of drug-likeness (QED) is 0.695. The summed E-state index contributed by atoms with van der Waals surface area (Å²) >= 11 is 0. The fourth-order valence-electron chi connectivity index (χ4n) is 4.18. The van der Waals surface area contributed by atoms with Gasteiger partial charge in [0.25, 0.3) is 5.91 Å². The number of likely N-dealkylation sites (tertiary alicyclic amines) is 1. The predicted octanol–water partition coefficient (Wildman–Crippen LogP) is 3.70. The lowest BCUT2D eigenvalue weighted by Gasteiger charge is -2.39. The van der Waals surface area contributed by atoms with Gasteiger partial charge >= 0.3 is 0 Å². The molecule has 152 valence electrons. The van der Waals surface area contributed by atoms with Crippen LogP contribution in [0.3, 0.4) is 0 Å². The molecule has 4 rings (SSSR count). The lowest BCUT2D eigenvalue weighted by Crippen LogP contribution is -2.49. The number of carbonyl (C=O) groups excluding carboxylic acids is 1. The third-order valence-electron chi connectivity index (χ3n) is 5.80. The number of aromatic amines is 1. The highest BCUT2D eigenvalue weighted by molar-refractivity contribution is 5.98. The van der Waals surface area contributed by atoms with Crippen molar-refractivity contribution in [3.63, 3.8) is 0 Å². The SMILES string of the molecule is CCN(Cc1ccncc1)[C@H]1CCCN(C(=O)c2cc3cc(OC)ccc3[nH]2)C1. The van der Waals surface area contributed by atoms with Gasteiger partial charge in [0, 0.05) is 49.0 Å². The second-order valence-corrected chi connectivity index (χ2v) is 7.60. The van der Waals surface area contributed by atoms with Gasteiger partial charge in [-0.2, -0.15) is 0 Å². The molecule has 2 aromatic heterocycles. The number of hydrogen-bond acceptors (Lipinski definition) is 4. The van der Waals surface area contributed by atoms with Crippen LogP contribution in [0, 0.1) is 0 Å². The van der Waals surface area contributed by atoms with Crippen molar-refractivity contribution in [2.75, 3.05) is 26.7 Å². The van der Waals surface area contributed by atoms with Gasteiger partial charge in [0.15, 0.2) is 0 Å². The lowest BCUT2D eigenvalue weighted by molar-refractivity contribution is 0.0565. The summed E-state index contributed by atoms with van der Waals surface area (Å²) in [6.07, 6.45) is 5.82. The van der Waals surface area contributed by atoms with Crippen LogP contribution in [0.4, 0.5) is 0 Å². The number of pyridine rings is 1. The summed E-state index contributed by atoms with van der Waals surface area (Å²) in [6.45, 7) is 5.60. The second kappa shape index (κ2) is 8.66. The number of hydrogen-bond donors (Lipinski definition) is 1. The molecule has 0 spiro atoms. The molecule has 0 unspecified atom stereocenters. The zero-order valence-electron chi connectivity index (χ0n) is 17.1. The molecule has 0 aliphatic carbocycles.